The van der Waals surface area contributed by atoms with Gasteiger partial charge in [0, 0.05) is 26.1 Å². The van der Waals surface area contributed by atoms with Crippen LogP contribution in [0.4, 0.5) is 0 Å². The standard InChI is InChI=1S/C17H20N4O3S/c1-18-15(23)16(24)19-10-14(22)21-8-6-11(7-9-21)17-20-12-4-2-3-5-13(12)25-17/h2-5,11H,6-10H2,1H3,(H,18,23)(H,19,24). The molecule has 1 aliphatic rings. The third-order valence-electron chi connectivity index (χ3n) is 4.34. The van der Waals surface area contributed by atoms with Gasteiger partial charge in [-0.25, -0.2) is 4.98 Å². The van der Waals surface area contributed by atoms with Gasteiger partial charge in [-0.15, -0.1) is 11.3 Å². The molecule has 1 fully saturated rings. The second-order valence-corrected chi connectivity index (χ2v) is 7.00. The SMILES string of the molecule is CNC(=O)C(=O)NCC(=O)N1CCC(c2nc3ccccc3s2)CC1. The van der Waals surface area contributed by atoms with Gasteiger partial charge in [0.05, 0.1) is 21.8 Å². The number of piperidine rings is 1. The number of nitrogens with zero attached hydrogens (tertiary/aromatic N) is 2. The van der Waals surface area contributed by atoms with Crippen molar-refractivity contribution in [2.24, 2.45) is 0 Å². The molecule has 0 spiro atoms. The van der Waals surface area contributed by atoms with E-state index in [4.69, 9.17) is 4.98 Å². The molecule has 7 nitrogen and oxygen atoms in total. The monoisotopic (exact) mass is 360 g/mol. The first-order valence-electron chi connectivity index (χ1n) is 8.21. The molecule has 0 unspecified atom stereocenters. The highest BCUT2D eigenvalue weighted by molar-refractivity contribution is 7.18. The number of aromatic nitrogens is 1. The van der Waals surface area contributed by atoms with Gasteiger partial charge in [-0.2, -0.15) is 0 Å². The number of nitrogens with one attached hydrogen (secondary N) is 2. The van der Waals surface area contributed by atoms with Crippen molar-refractivity contribution in [2.45, 2.75) is 18.8 Å². The van der Waals surface area contributed by atoms with Crippen molar-refractivity contribution in [2.75, 3.05) is 26.7 Å². The maximum Gasteiger partial charge on any atom is 0.309 e. The number of para-hydroxylation sites is 1. The quantitative estimate of drug-likeness (QED) is 0.795. The van der Waals surface area contributed by atoms with Crippen molar-refractivity contribution < 1.29 is 14.4 Å². The van der Waals surface area contributed by atoms with Gasteiger partial charge in [0.25, 0.3) is 0 Å². The number of hydrogen-bond acceptors (Lipinski definition) is 5. The Morgan fingerprint density at radius 2 is 1.92 bits per heavy atom. The summed E-state index contributed by atoms with van der Waals surface area (Å²) >= 11 is 1.72. The van der Waals surface area contributed by atoms with E-state index in [1.807, 2.05) is 18.2 Å². The molecule has 1 aliphatic heterocycles. The zero-order valence-corrected chi connectivity index (χ0v) is 14.8. The van der Waals surface area contributed by atoms with E-state index in [2.05, 4.69) is 16.7 Å². The Balaban J connectivity index is 1.52. The molecule has 8 heteroatoms. The van der Waals surface area contributed by atoms with E-state index in [1.165, 1.54) is 11.7 Å². The Kier molecular flexibility index (Phi) is 5.28. The van der Waals surface area contributed by atoms with Crippen molar-refractivity contribution in [3.05, 3.63) is 29.3 Å². The number of hydrogen-bond donors (Lipinski definition) is 2. The zero-order valence-electron chi connectivity index (χ0n) is 13.9. The lowest BCUT2D eigenvalue weighted by Gasteiger charge is -2.31. The van der Waals surface area contributed by atoms with E-state index in [9.17, 15) is 14.4 Å². The largest absolute Gasteiger partial charge is 0.351 e. The lowest BCUT2D eigenvalue weighted by molar-refractivity contribution is -0.140. The highest BCUT2D eigenvalue weighted by Crippen LogP contribution is 2.33. The number of rotatable bonds is 3. The van der Waals surface area contributed by atoms with Crippen molar-refractivity contribution in [3.63, 3.8) is 0 Å². The lowest BCUT2D eigenvalue weighted by Crippen LogP contribution is -2.46. The van der Waals surface area contributed by atoms with Crippen LogP contribution in [0, 0.1) is 0 Å². The summed E-state index contributed by atoms with van der Waals surface area (Å²) in [4.78, 5) is 41.1. The number of carbonyl (C=O) groups is 3. The predicted octanol–water partition coefficient (Wildman–Crippen LogP) is 0.864. The molecule has 1 aromatic heterocycles. The highest BCUT2D eigenvalue weighted by Gasteiger charge is 2.26. The van der Waals surface area contributed by atoms with E-state index in [0.717, 1.165) is 23.4 Å². The molecule has 0 bridgehead atoms. The predicted molar refractivity (Wildman–Crippen MR) is 95.3 cm³/mol. The molecule has 0 saturated carbocycles. The Morgan fingerprint density at radius 1 is 1.20 bits per heavy atom. The molecule has 1 saturated heterocycles. The minimum atomic E-state index is -0.791. The molecule has 3 rings (SSSR count). The Hall–Kier alpha value is -2.48. The molecule has 2 heterocycles. The van der Waals surface area contributed by atoms with Gasteiger partial charge in [0.15, 0.2) is 0 Å². The molecular weight excluding hydrogens is 340 g/mol. The fourth-order valence-electron chi connectivity index (χ4n) is 2.90. The molecule has 0 atom stereocenters. The Labute approximate surface area is 149 Å². The summed E-state index contributed by atoms with van der Waals surface area (Å²) in [5.74, 6) is -1.34. The average molecular weight is 360 g/mol. The Morgan fingerprint density at radius 3 is 2.60 bits per heavy atom. The zero-order chi connectivity index (χ0) is 17.8. The molecule has 0 radical (unpaired) electrons. The second kappa shape index (κ2) is 7.60. The second-order valence-electron chi connectivity index (χ2n) is 5.94. The fourth-order valence-corrected chi connectivity index (χ4v) is 4.04. The Bertz CT molecular complexity index is 763. The van der Waals surface area contributed by atoms with Crippen molar-refractivity contribution in [1.29, 1.82) is 0 Å². The van der Waals surface area contributed by atoms with E-state index in [1.54, 1.807) is 16.2 Å². The normalized spacial score (nSPS) is 15.2. The summed E-state index contributed by atoms with van der Waals surface area (Å²) in [5, 5.41) is 5.69. The smallest absolute Gasteiger partial charge is 0.309 e. The topological polar surface area (TPSA) is 91.4 Å². The van der Waals surface area contributed by atoms with Gasteiger partial charge in [-0.1, -0.05) is 12.1 Å². The molecule has 0 aliphatic carbocycles. The summed E-state index contributed by atoms with van der Waals surface area (Å²) in [5.41, 5.74) is 1.03. The van der Waals surface area contributed by atoms with Gasteiger partial charge in [0.1, 0.15) is 0 Å². The number of fused-ring (bicyclic) bond motifs is 1. The van der Waals surface area contributed by atoms with Gasteiger partial charge >= 0.3 is 11.8 Å². The first-order chi connectivity index (χ1) is 12.1. The summed E-state index contributed by atoms with van der Waals surface area (Å²) in [6.07, 6.45) is 1.71. The van der Waals surface area contributed by atoms with Crippen LogP contribution in [0.1, 0.15) is 23.8 Å². The third-order valence-corrected chi connectivity index (χ3v) is 5.54. The number of carbonyl (C=O) groups excluding carboxylic acids is 3. The van der Waals surface area contributed by atoms with E-state index in [-0.39, 0.29) is 12.5 Å². The van der Waals surface area contributed by atoms with E-state index >= 15 is 0 Å². The minimum absolute atomic E-state index is 0.155. The number of likely N-dealkylation sites (N-methyl/N-ethyl adjacent to an activating group) is 1. The van der Waals surface area contributed by atoms with Crippen LogP contribution < -0.4 is 10.6 Å². The number of benzene rings is 1. The first-order valence-corrected chi connectivity index (χ1v) is 9.03. The summed E-state index contributed by atoms with van der Waals surface area (Å²) in [6.45, 7) is 1.11. The van der Waals surface area contributed by atoms with Crippen molar-refractivity contribution >= 4 is 39.3 Å². The average Bonchev–Trinajstić information content (AvgIpc) is 3.09. The minimum Gasteiger partial charge on any atom is -0.351 e. The molecule has 1 aromatic carbocycles. The maximum absolute atomic E-state index is 12.2. The van der Waals surface area contributed by atoms with Crippen LogP contribution in [0.25, 0.3) is 10.2 Å². The van der Waals surface area contributed by atoms with Crippen LogP contribution >= 0.6 is 11.3 Å². The summed E-state index contributed by atoms with van der Waals surface area (Å²) in [7, 11) is 1.37. The molecule has 3 amide bonds. The van der Waals surface area contributed by atoms with Crippen LogP contribution in [0.2, 0.25) is 0 Å². The number of thiazole rings is 1. The van der Waals surface area contributed by atoms with Crippen LogP contribution in [-0.4, -0.2) is 54.3 Å². The van der Waals surface area contributed by atoms with E-state index < -0.39 is 11.8 Å². The summed E-state index contributed by atoms with van der Waals surface area (Å²) < 4.78 is 1.19. The van der Waals surface area contributed by atoms with Gasteiger partial charge in [-0.3, -0.25) is 14.4 Å². The van der Waals surface area contributed by atoms with Gasteiger partial charge in [-0.05, 0) is 25.0 Å². The number of amides is 3. The molecular formula is C17H20N4O3S. The van der Waals surface area contributed by atoms with Gasteiger partial charge in [0.2, 0.25) is 5.91 Å². The number of likely N-dealkylation sites (tertiary alicyclic amines) is 1. The summed E-state index contributed by atoms with van der Waals surface area (Å²) in [6, 6.07) is 8.09. The van der Waals surface area contributed by atoms with Crippen LogP contribution in [0.3, 0.4) is 0 Å². The van der Waals surface area contributed by atoms with Crippen LogP contribution in [0.5, 0.6) is 0 Å². The molecule has 25 heavy (non-hydrogen) atoms. The van der Waals surface area contributed by atoms with Gasteiger partial charge < -0.3 is 15.5 Å². The molecule has 132 valence electrons. The van der Waals surface area contributed by atoms with Crippen LogP contribution in [-0.2, 0) is 14.4 Å². The van der Waals surface area contributed by atoms with E-state index in [0.29, 0.717) is 19.0 Å². The van der Waals surface area contributed by atoms with Crippen molar-refractivity contribution in [3.8, 4) is 0 Å². The highest BCUT2D eigenvalue weighted by atomic mass is 32.1. The maximum atomic E-state index is 12.2. The molecule has 2 aromatic rings. The molecule has 2 N–H and O–H groups in total. The van der Waals surface area contributed by atoms with Crippen LogP contribution in [0.15, 0.2) is 24.3 Å². The fraction of sp³-hybridized carbons (Fsp3) is 0.412. The van der Waals surface area contributed by atoms with Crippen molar-refractivity contribution in [1.82, 2.24) is 20.5 Å². The lowest BCUT2D eigenvalue weighted by atomic mass is 9.97. The third kappa shape index (κ3) is 3.96. The first kappa shape index (κ1) is 17.3.